The molecule has 6 aromatic rings. The van der Waals surface area contributed by atoms with Crippen LogP contribution in [0.4, 0.5) is 0 Å². The average Bonchev–Trinajstić information content (AvgIpc) is 3.62. The number of hydrogen-bond acceptors (Lipinski definition) is 3. The summed E-state index contributed by atoms with van der Waals surface area (Å²) >= 11 is 0.421. The summed E-state index contributed by atoms with van der Waals surface area (Å²) in [4.78, 5) is 0. The summed E-state index contributed by atoms with van der Waals surface area (Å²) in [5, 5.41) is 8.20. The summed E-state index contributed by atoms with van der Waals surface area (Å²) in [6, 6.07) is 38.3. The smallest absolute Gasteiger partial charge is 0.248 e. The number of aryl methyl sites for hydroxylation is 4. The van der Waals surface area contributed by atoms with Crippen LogP contribution in [-0.2, 0) is 0 Å². The van der Waals surface area contributed by atoms with Gasteiger partial charge >= 0.3 is 120 Å². The third-order valence-corrected chi connectivity index (χ3v) is 8.78. The van der Waals surface area contributed by atoms with Gasteiger partial charge < -0.3 is 4.42 Å². The van der Waals surface area contributed by atoms with Crippen molar-refractivity contribution in [2.24, 2.45) is 0 Å². The Morgan fingerprint density at radius 1 is 0.395 bits per heavy atom. The first-order chi connectivity index (χ1) is 18.4. The van der Waals surface area contributed by atoms with Gasteiger partial charge in [-0.15, -0.1) is 10.2 Å². The van der Waals surface area contributed by atoms with E-state index in [0.717, 1.165) is 11.1 Å². The predicted molar refractivity (Wildman–Crippen MR) is 158 cm³/mol. The SMILES string of the molecule is Cc1ccc(-c2ccc(-c3ccc(C)cc3)[se]2)cc1.Cc1ccc(-c2nnc(-c3ccc(C)cc3)o2)cc1. The van der Waals surface area contributed by atoms with E-state index in [1.165, 1.54) is 42.3 Å². The molecule has 0 saturated heterocycles. The van der Waals surface area contributed by atoms with Gasteiger partial charge in [-0.05, 0) is 38.1 Å². The third-order valence-electron chi connectivity index (χ3n) is 6.30. The van der Waals surface area contributed by atoms with Gasteiger partial charge in [0.2, 0.25) is 11.8 Å². The van der Waals surface area contributed by atoms with Crippen molar-refractivity contribution in [2.45, 2.75) is 27.7 Å². The Morgan fingerprint density at radius 2 is 0.684 bits per heavy atom. The molecule has 0 aliphatic rings. The van der Waals surface area contributed by atoms with Crippen molar-refractivity contribution in [3.63, 3.8) is 0 Å². The van der Waals surface area contributed by atoms with E-state index in [0.29, 0.717) is 26.3 Å². The van der Waals surface area contributed by atoms with Crippen LogP contribution in [0.5, 0.6) is 0 Å². The molecule has 0 N–H and O–H groups in total. The monoisotopic (exact) mass is 562 g/mol. The van der Waals surface area contributed by atoms with E-state index in [1.807, 2.05) is 48.5 Å². The number of nitrogens with zero attached hydrogens (tertiary/aromatic N) is 2. The number of hydrogen-bond donors (Lipinski definition) is 0. The molecule has 0 aliphatic carbocycles. The predicted octanol–water partition coefficient (Wildman–Crippen LogP) is 8.71. The van der Waals surface area contributed by atoms with Gasteiger partial charge in [-0.2, -0.15) is 0 Å². The molecule has 2 aromatic heterocycles. The standard InChI is InChI=1S/C18H16Se.C16H14N2O/c1-13-3-7-15(8-4-13)17-11-12-18(19-17)16-9-5-14(2)6-10-16;1-11-3-7-13(8-4-11)15-17-18-16(19-15)14-9-5-12(2)6-10-14/h3-12H,1-2H3;3-10H,1-2H3. The molecule has 188 valence electrons. The zero-order valence-corrected chi connectivity index (χ0v) is 23.8. The minimum Gasteiger partial charge on any atom is -0.416 e. The van der Waals surface area contributed by atoms with Gasteiger partial charge in [0.25, 0.3) is 0 Å². The van der Waals surface area contributed by atoms with Gasteiger partial charge in [0.05, 0.1) is 0 Å². The van der Waals surface area contributed by atoms with E-state index in [2.05, 4.69) is 98.6 Å². The average molecular weight is 562 g/mol. The van der Waals surface area contributed by atoms with Gasteiger partial charge in [0.15, 0.2) is 0 Å². The molecule has 0 bridgehead atoms. The molecule has 4 heteroatoms. The fourth-order valence-corrected chi connectivity index (χ4v) is 6.07. The fraction of sp³-hybridized carbons (Fsp3) is 0.118. The van der Waals surface area contributed by atoms with Crippen LogP contribution in [0.25, 0.3) is 42.9 Å². The molecule has 0 atom stereocenters. The zero-order chi connectivity index (χ0) is 26.5. The first-order valence-electron chi connectivity index (χ1n) is 12.7. The minimum atomic E-state index is 0.421. The van der Waals surface area contributed by atoms with Crippen molar-refractivity contribution in [2.75, 3.05) is 0 Å². The molecule has 3 nitrogen and oxygen atoms in total. The first kappa shape index (κ1) is 25.7. The summed E-state index contributed by atoms with van der Waals surface area (Å²) < 4.78 is 8.66. The van der Waals surface area contributed by atoms with Crippen LogP contribution < -0.4 is 0 Å². The Bertz CT molecular complexity index is 1360. The Kier molecular flexibility index (Phi) is 7.83. The maximum absolute atomic E-state index is 5.71. The van der Waals surface area contributed by atoms with Crippen molar-refractivity contribution in [1.82, 2.24) is 10.2 Å². The molecule has 2 heterocycles. The normalized spacial score (nSPS) is 10.6. The van der Waals surface area contributed by atoms with E-state index in [9.17, 15) is 0 Å². The van der Waals surface area contributed by atoms with Crippen LogP contribution in [-0.4, -0.2) is 24.7 Å². The summed E-state index contributed by atoms with van der Waals surface area (Å²) in [5.74, 6) is 1.10. The van der Waals surface area contributed by atoms with Crippen LogP contribution in [0.2, 0.25) is 0 Å². The molecular weight excluding hydrogens is 531 g/mol. The molecule has 0 fully saturated rings. The largest absolute Gasteiger partial charge is 0.416 e. The van der Waals surface area contributed by atoms with Crippen LogP contribution in [0, 0.1) is 27.7 Å². The molecule has 0 unspecified atom stereocenters. The Labute approximate surface area is 230 Å². The summed E-state index contributed by atoms with van der Waals surface area (Å²) in [6.07, 6.45) is 0. The quantitative estimate of drug-likeness (QED) is 0.202. The second-order valence-electron chi connectivity index (χ2n) is 9.54. The first-order valence-corrected chi connectivity index (χ1v) is 14.4. The third kappa shape index (κ3) is 6.28. The fourth-order valence-electron chi connectivity index (χ4n) is 3.93. The van der Waals surface area contributed by atoms with E-state index in [-0.39, 0.29) is 0 Å². The molecule has 0 spiro atoms. The maximum atomic E-state index is 5.71. The second kappa shape index (κ2) is 11.6. The summed E-state index contributed by atoms with van der Waals surface area (Å²) in [6.45, 7) is 8.37. The van der Waals surface area contributed by atoms with Crippen molar-refractivity contribution in [3.05, 3.63) is 131 Å². The maximum Gasteiger partial charge on any atom is 0.248 e. The van der Waals surface area contributed by atoms with Gasteiger partial charge in [-0.1, -0.05) is 35.4 Å². The molecular formula is C34H30N2OSe. The van der Waals surface area contributed by atoms with Crippen LogP contribution in [0.1, 0.15) is 22.3 Å². The van der Waals surface area contributed by atoms with Crippen molar-refractivity contribution in [1.29, 1.82) is 0 Å². The summed E-state index contributed by atoms with van der Waals surface area (Å²) in [5.41, 5.74) is 9.67. The van der Waals surface area contributed by atoms with Crippen LogP contribution >= 0.6 is 0 Å². The molecule has 6 rings (SSSR count). The van der Waals surface area contributed by atoms with Gasteiger partial charge in [0.1, 0.15) is 0 Å². The molecule has 0 amide bonds. The molecule has 4 aromatic carbocycles. The molecule has 0 radical (unpaired) electrons. The summed E-state index contributed by atoms with van der Waals surface area (Å²) in [7, 11) is 0. The van der Waals surface area contributed by atoms with Gasteiger partial charge in [-0.25, -0.2) is 0 Å². The van der Waals surface area contributed by atoms with E-state index in [4.69, 9.17) is 4.42 Å². The van der Waals surface area contributed by atoms with E-state index < -0.39 is 0 Å². The van der Waals surface area contributed by atoms with E-state index in [1.54, 1.807) is 0 Å². The minimum absolute atomic E-state index is 0.421. The van der Waals surface area contributed by atoms with Crippen LogP contribution in [0.15, 0.2) is 114 Å². The Morgan fingerprint density at radius 3 is 1.00 bits per heavy atom. The number of rotatable bonds is 4. The van der Waals surface area contributed by atoms with Gasteiger partial charge in [0, 0.05) is 11.1 Å². The van der Waals surface area contributed by atoms with E-state index >= 15 is 0 Å². The topological polar surface area (TPSA) is 38.9 Å². The Hall–Kier alpha value is -3.98. The zero-order valence-electron chi connectivity index (χ0n) is 22.1. The number of aromatic nitrogens is 2. The van der Waals surface area contributed by atoms with Crippen molar-refractivity contribution in [3.8, 4) is 42.9 Å². The molecule has 38 heavy (non-hydrogen) atoms. The molecule has 0 aliphatic heterocycles. The van der Waals surface area contributed by atoms with Gasteiger partial charge in [-0.3, -0.25) is 0 Å². The van der Waals surface area contributed by atoms with Crippen LogP contribution in [0.3, 0.4) is 0 Å². The van der Waals surface area contributed by atoms with Crippen molar-refractivity contribution < 1.29 is 4.42 Å². The Balaban J connectivity index is 0.000000155. The van der Waals surface area contributed by atoms with Crippen molar-refractivity contribution >= 4 is 14.5 Å². The second-order valence-corrected chi connectivity index (χ2v) is 11.8. The molecule has 0 saturated carbocycles. The number of benzene rings is 4.